The van der Waals surface area contributed by atoms with E-state index in [0.29, 0.717) is 0 Å². The molecule has 1 aromatic carbocycles. The molecule has 0 saturated heterocycles. The number of aromatic nitrogens is 1. The number of hydrogen-bond donors (Lipinski definition) is 1. The molecule has 4 rings (SSSR count). The van der Waals surface area contributed by atoms with Crippen LogP contribution in [0.4, 0.5) is 0 Å². The van der Waals surface area contributed by atoms with E-state index in [0.717, 1.165) is 30.3 Å². The van der Waals surface area contributed by atoms with Crippen molar-refractivity contribution in [1.82, 2.24) is 14.8 Å². The molecule has 5 nitrogen and oxygen atoms in total. The van der Waals surface area contributed by atoms with E-state index in [2.05, 4.69) is 49.2 Å². The van der Waals surface area contributed by atoms with Crippen LogP contribution in [0, 0.1) is 13.8 Å². The van der Waals surface area contributed by atoms with Crippen LogP contribution in [0.5, 0.6) is 0 Å². The van der Waals surface area contributed by atoms with Crippen molar-refractivity contribution in [2.24, 2.45) is 4.99 Å². The number of benzene rings is 1. The summed E-state index contributed by atoms with van der Waals surface area (Å²) in [4.78, 5) is 19.2. The lowest BCUT2D eigenvalue weighted by atomic mass is 10.0. The number of hydrogen-bond acceptors (Lipinski definition) is 4. The number of rotatable bonds is 4. The molecule has 1 N–H and O–H groups in total. The molecular formula is C22H24N4O. The Hall–Kier alpha value is -3.08. The third-order valence-electron chi connectivity index (χ3n) is 5.10. The zero-order valence-corrected chi connectivity index (χ0v) is 15.9. The van der Waals surface area contributed by atoms with E-state index in [1.165, 1.54) is 16.7 Å². The van der Waals surface area contributed by atoms with Crippen molar-refractivity contribution in [3.8, 4) is 0 Å². The van der Waals surface area contributed by atoms with Crippen LogP contribution in [0.2, 0.25) is 0 Å². The van der Waals surface area contributed by atoms with Crippen LogP contribution in [-0.4, -0.2) is 27.9 Å². The Morgan fingerprint density at radius 3 is 2.67 bits per heavy atom. The summed E-state index contributed by atoms with van der Waals surface area (Å²) in [7, 11) is 0. The van der Waals surface area contributed by atoms with Gasteiger partial charge in [-0.25, -0.2) is 0 Å². The zero-order valence-electron chi connectivity index (χ0n) is 15.9. The average Bonchev–Trinajstić information content (AvgIpc) is 3.02. The van der Waals surface area contributed by atoms with Crippen LogP contribution < -0.4 is 10.9 Å². The normalized spacial score (nSPS) is 18.6. The van der Waals surface area contributed by atoms with Gasteiger partial charge in [0.05, 0.1) is 17.4 Å². The van der Waals surface area contributed by atoms with Crippen LogP contribution >= 0.6 is 0 Å². The number of nitrogens with one attached hydrogen (secondary N) is 1. The van der Waals surface area contributed by atoms with Gasteiger partial charge in [-0.1, -0.05) is 24.3 Å². The molecular weight excluding hydrogens is 336 g/mol. The standard InChI is InChI=1S/C22H24N4O/c1-15-7-6-8-16(2)19(15)12-23-20-11-18(26-10-5-4-9-21(26)27)14-25-13-17(3)24-22(20)25/h4-11,14,17,23H,12-13H2,1-3H3. The predicted molar refractivity (Wildman–Crippen MR) is 109 cm³/mol. The first-order chi connectivity index (χ1) is 13.0. The molecule has 0 saturated carbocycles. The molecule has 1 atom stereocenters. The summed E-state index contributed by atoms with van der Waals surface area (Å²) < 4.78 is 1.67. The fourth-order valence-corrected chi connectivity index (χ4v) is 3.66. The van der Waals surface area contributed by atoms with Gasteiger partial charge in [0.2, 0.25) is 0 Å². The second-order valence-corrected chi connectivity index (χ2v) is 7.20. The highest BCUT2D eigenvalue weighted by Crippen LogP contribution is 2.24. The quantitative estimate of drug-likeness (QED) is 0.912. The molecule has 2 aliphatic rings. The van der Waals surface area contributed by atoms with Crippen molar-refractivity contribution in [2.75, 3.05) is 6.54 Å². The first-order valence-electron chi connectivity index (χ1n) is 9.28. The van der Waals surface area contributed by atoms with E-state index in [1.807, 2.05) is 18.3 Å². The molecule has 2 aromatic rings. The minimum atomic E-state index is -0.0401. The van der Waals surface area contributed by atoms with Gasteiger partial charge < -0.3 is 10.2 Å². The third kappa shape index (κ3) is 3.33. The minimum absolute atomic E-state index is 0.0401. The van der Waals surface area contributed by atoms with Crippen LogP contribution in [0.3, 0.4) is 0 Å². The van der Waals surface area contributed by atoms with E-state index >= 15 is 0 Å². The van der Waals surface area contributed by atoms with Crippen molar-refractivity contribution in [2.45, 2.75) is 33.4 Å². The van der Waals surface area contributed by atoms with E-state index in [4.69, 9.17) is 4.99 Å². The number of aliphatic imine (C=N–C) groups is 1. The van der Waals surface area contributed by atoms with Gasteiger partial charge in [-0.3, -0.25) is 14.4 Å². The summed E-state index contributed by atoms with van der Waals surface area (Å²) in [6, 6.07) is 11.8. The summed E-state index contributed by atoms with van der Waals surface area (Å²) in [5.41, 5.74) is 5.60. The fraction of sp³-hybridized carbons (Fsp3) is 0.273. The highest BCUT2D eigenvalue weighted by Gasteiger charge is 2.27. The van der Waals surface area contributed by atoms with E-state index in [9.17, 15) is 4.79 Å². The number of aryl methyl sites for hydroxylation is 2. The first kappa shape index (κ1) is 17.3. The van der Waals surface area contributed by atoms with Gasteiger partial charge in [-0.05, 0) is 49.6 Å². The summed E-state index contributed by atoms with van der Waals surface area (Å²) in [5.74, 6) is 0.946. The Morgan fingerprint density at radius 1 is 1.15 bits per heavy atom. The highest BCUT2D eigenvalue weighted by atomic mass is 16.1. The highest BCUT2D eigenvalue weighted by molar-refractivity contribution is 6.03. The lowest BCUT2D eigenvalue weighted by Crippen LogP contribution is -2.34. The van der Waals surface area contributed by atoms with E-state index in [1.54, 1.807) is 22.9 Å². The molecule has 0 radical (unpaired) electrons. The predicted octanol–water partition coefficient (Wildman–Crippen LogP) is 3.05. The SMILES string of the molecule is Cc1cccc(C)c1CNC1=CC(n2ccccc2=O)=CN2CC(C)N=C12. The Labute approximate surface area is 159 Å². The van der Waals surface area contributed by atoms with Crippen molar-refractivity contribution < 1.29 is 0 Å². The maximum atomic E-state index is 12.3. The third-order valence-corrected chi connectivity index (χ3v) is 5.10. The van der Waals surface area contributed by atoms with Gasteiger partial charge in [-0.15, -0.1) is 0 Å². The van der Waals surface area contributed by atoms with Gasteiger partial charge in [0.15, 0.2) is 5.84 Å². The topological polar surface area (TPSA) is 49.6 Å². The van der Waals surface area contributed by atoms with Crippen LogP contribution in [0.25, 0.3) is 5.70 Å². The van der Waals surface area contributed by atoms with E-state index < -0.39 is 0 Å². The second kappa shape index (κ2) is 6.91. The van der Waals surface area contributed by atoms with Gasteiger partial charge in [0, 0.05) is 31.6 Å². The number of allylic oxidation sites excluding steroid dienone is 2. The molecule has 0 bridgehead atoms. The first-order valence-corrected chi connectivity index (χ1v) is 9.28. The van der Waals surface area contributed by atoms with Gasteiger partial charge in [0.1, 0.15) is 0 Å². The lowest BCUT2D eigenvalue weighted by Gasteiger charge is -2.26. The van der Waals surface area contributed by atoms with Gasteiger partial charge in [0.25, 0.3) is 5.56 Å². The number of nitrogens with zero attached hydrogens (tertiary/aromatic N) is 3. The lowest BCUT2D eigenvalue weighted by molar-refractivity contribution is 0.551. The molecule has 5 heteroatoms. The Kier molecular flexibility index (Phi) is 4.44. The largest absolute Gasteiger partial charge is 0.378 e. The molecule has 0 fully saturated rings. The van der Waals surface area contributed by atoms with Crippen LogP contribution in [-0.2, 0) is 6.54 Å². The fourth-order valence-electron chi connectivity index (χ4n) is 3.66. The summed E-state index contributed by atoms with van der Waals surface area (Å²) >= 11 is 0. The summed E-state index contributed by atoms with van der Waals surface area (Å²) in [5, 5.41) is 3.56. The zero-order chi connectivity index (χ0) is 19.0. The Morgan fingerprint density at radius 2 is 1.93 bits per heavy atom. The van der Waals surface area contributed by atoms with Gasteiger partial charge in [-0.2, -0.15) is 0 Å². The van der Waals surface area contributed by atoms with Crippen LogP contribution in [0.15, 0.2) is 70.4 Å². The minimum Gasteiger partial charge on any atom is -0.378 e. The molecule has 27 heavy (non-hydrogen) atoms. The van der Waals surface area contributed by atoms with Crippen molar-refractivity contribution in [3.63, 3.8) is 0 Å². The smallest absolute Gasteiger partial charge is 0.255 e. The van der Waals surface area contributed by atoms with Gasteiger partial charge >= 0.3 is 0 Å². The molecule has 2 aliphatic heterocycles. The van der Waals surface area contributed by atoms with E-state index in [-0.39, 0.29) is 11.6 Å². The maximum absolute atomic E-state index is 12.3. The Bertz CT molecular complexity index is 1010. The average molecular weight is 360 g/mol. The van der Waals surface area contributed by atoms with Crippen molar-refractivity contribution in [3.05, 3.63) is 87.6 Å². The molecule has 0 spiro atoms. The Balaban J connectivity index is 1.68. The molecule has 3 heterocycles. The molecule has 1 unspecified atom stereocenters. The molecule has 1 aromatic heterocycles. The number of fused-ring (bicyclic) bond motifs is 1. The second-order valence-electron chi connectivity index (χ2n) is 7.20. The van der Waals surface area contributed by atoms with Crippen LogP contribution in [0.1, 0.15) is 23.6 Å². The number of amidine groups is 1. The molecule has 0 aliphatic carbocycles. The molecule has 138 valence electrons. The molecule has 0 amide bonds. The monoisotopic (exact) mass is 360 g/mol. The summed E-state index contributed by atoms with van der Waals surface area (Å²) in [6.45, 7) is 7.92. The number of pyridine rings is 1. The van der Waals surface area contributed by atoms with Crippen molar-refractivity contribution in [1.29, 1.82) is 0 Å². The maximum Gasteiger partial charge on any atom is 0.255 e. The summed E-state index contributed by atoms with van der Waals surface area (Å²) in [6.07, 6.45) is 5.83. The van der Waals surface area contributed by atoms with Crippen molar-refractivity contribution >= 4 is 11.5 Å².